The van der Waals surface area contributed by atoms with E-state index in [9.17, 15) is 0 Å². The van der Waals surface area contributed by atoms with Gasteiger partial charge in [0, 0.05) is 44.3 Å². The van der Waals surface area contributed by atoms with Crippen LogP contribution in [0.25, 0.3) is 0 Å². The molecule has 0 amide bonds. The van der Waals surface area contributed by atoms with Crippen molar-refractivity contribution in [2.24, 2.45) is 11.7 Å². The minimum Gasteiger partial charge on any atom is -0.327 e. The van der Waals surface area contributed by atoms with Crippen LogP contribution in [0.4, 0.5) is 0 Å². The van der Waals surface area contributed by atoms with Crippen molar-refractivity contribution in [2.45, 2.75) is 51.6 Å². The molecule has 0 aromatic carbocycles. The molecule has 2 aliphatic rings. The number of piperazine rings is 1. The molecule has 3 heteroatoms. The van der Waals surface area contributed by atoms with E-state index in [4.69, 9.17) is 5.73 Å². The van der Waals surface area contributed by atoms with E-state index in [1.165, 1.54) is 52.0 Å². The summed E-state index contributed by atoms with van der Waals surface area (Å²) in [5.41, 5.74) is 6.48. The van der Waals surface area contributed by atoms with E-state index in [0.29, 0.717) is 11.6 Å². The van der Waals surface area contributed by atoms with Gasteiger partial charge in [0.2, 0.25) is 0 Å². The third-order valence-electron chi connectivity index (χ3n) is 4.53. The van der Waals surface area contributed by atoms with E-state index in [0.717, 1.165) is 5.92 Å². The van der Waals surface area contributed by atoms with Crippen LogP contribution in [0, 0.1) is 5.92 Å². The van der Waals surface area contributed by atoms with Crippen molar-refractivity contribution in [3.8, 4) is 0 Å². The summed E-state index contributed by atoms with van der Waals surface area (Å²) in [5, 5.41) is 0. The zero-order valence-corrected chi connectivity index (χ0v) is 11.8. The first kappa shape index (κ1) is 13.3. The van der Waals surface area contributed by atoms with Gasteiger partial charge in [-0.15, -0.1) is 0 Å². The second kappa shape index (κ2) is 5.25. The van der Waals surface area contributed by atoms with Gasteiger partial charge in [-0.05, 0) is 39.5 Å². The molecule has 100 valence electrons. The van der Waals surface area contributed by atoms with Gasteiger partial charge in [0.25, 0.3) is 0 Å². The highest BCUT2D eigenvalue weighted by molar-refractivity contribution is 4.86. The molecule has 0 aromatic rings. The Morgan fingerprint density at radius 1 is 1.06 bits per heavy atom. The molecule has 2 unspecified atom stereocenters. The zero-order valence-electron chi connectivity index (χ0n) is 11.8. The highest BCUT2D eigenvalue weighted by Crippen LogP contribution is 2.25. The molecular formula is C14H29N3. The second-order valence-corrected chi connectivity index (χ2v) is 6.81. The van der Waals surface area contributed by atoms with Crippen LogP contribution in [-0.4, -0.2) is 54.1 Å². The average molecular weight is 239 g/mol. The number of nitrogens with zero attached hydrogens (tertiary/aromatic N) is 2. The fourth-order valence-electron chi connectivity index (χ4n) is 3.23. The second-order valence-electron chi connectivity index (χ2n) is 6.81. The normalized spacial score (nSPS) is 33.2. The van der Waals surface area contributed by atoms with E-state index in [1.807, 2.05) is 0 Å². The standard InChI is InChI=1S/C14H29N3/c1-14(2,3)17-9-7-16(8-10-17)11-12-5-4-6-13(12)15/h12-13H,4-11,15H2,1-3H3. The smallest absolute Gasteiger partial charge is 0.0126 e. The van der Waals surface area contributed by atoms with Crippen LogP contribution in [0.15, 0.2) is 0 Å². The Balaban J connectivity index is 1.76. The van der Waals surface area contributed by atoms with Crippen molar-refractivity contribution < 1.29 is 0 Å². The summed E-state index contributed by atoms with van der Waals surface area (Å²) < 4.78 is 0. The molecule has 0 spiro atoms. The average Bonchev–Trinajstić information content (AvgIpc) is 2.64. The number of hydrogen-bond donors (Lipinski definition) is 1. The van der Waals surface area contributed by atoms with Crippen molar-refractivity contribution in [3.63, 3.8) is 0 Å². The Labute approximate surface area is 106 Å². The molecule has 3 nitrogen and oxygen atoms in total. The summed E-state index contributed by atoms with van der Waals surface area (Å²) in [6.45, 7) is 13.1. The minimum absolute atomic E-state index is 0.329. The molecule has 1 heterocycles. The van der Waals surface area contributed by atoms with Crippen molar-refractivity contribution in [1.29, 1.82) is 0 Å². The third kappa shape index (κ3) is 3.43. The Hall–Kier alpha value is -0.120. The maximum atomic E-state index is 6.16. The molecule has 1 aliphatic heterocycles. The molecule has 2 rings (SSSR count). The van der Waals surface area contributed by atoms with E-state index >= 15 is 0 Å². The lowest BCUT2D eigenvalue weighted by molar-refractivity contribution is 0.0546. The Morgan fingerprint density at radius 2 is 1.71 bits per heavy atom. The Bertz CT molecular complexity index is 238. The van der Waals surface area contributed by atoms with Gasteiger partial charge in [0.15, 0.2) is 0 Å². The van der Waals surface area contributed by atoms with Crippen LogP contribution in [-0.2, 0) is 0 Å². The summed E-state index contributed by atoms with van der Waals surface area (Å²) in [6, 6.07) is 0.468. The first-order chi connectivity index (χ1) is 7.97. The van der Waals surface area contributed by atoms with Gasteiger partial charge in [-0.2, -0.15) is 0 Å². The first-order valence-electron chi connectivity index (χ1n) is 7.20. The minimum atomic E-state index is 0.329. The SMILES string of the molecule is CC(C)(C)N1CCN(CC2CCCC2N)CC1. The van der Waals surface area contributed by atoms with E-state index in [2.05, 4.69) is 30.6 Å². The fraction of sp³-hybridized carbons (Fsp3) is 1.00. The Morgan fingerprint density at radius 3 is 2.18 bits per heavy atom. The lowest BCUT2D eigenvalue weighted by Gasteiger charge is -2.43. The summed E-state index contributed by atoms with van der Waals surface area (Å²) in [7, 11) is 0. The van der Waals surface area contributed by atoms with Crippen LogP contribution in [0.2, 0.25) is 0 Å². The molecule has 0 aromatic heterocycles. The molecule has 1 aliphatic carbocycles. The largest absolute Gasteiger partial charge is 0.327 e. The number of hydrogen-bond acceptors (Lipinski definition) is 3. The van der Waals surface area contributed by atoms with Gasteiger partial charge in [0.1, 0.15) is 0 Å². The van der Waals surface area contributed by atoms with Crippen LogP contribution in [0.1, 0.15) is 40.0 Å². The predicted octanol–water partition coefficient (Wildman–Crippen LogP) is 1.53. The van der Waals surface area contributed by atoms with Crippen molar-refractivity contribution in [1.82, 2.24) is 9.80 Å². The highest BCUT2D eigenvalue weighted by Gasteiger charge is 2.29. The Kier molecular flexibility index (Phi) is 4.11. The van der Waals surface area contributed by atoms with E-state index in [-0.39, 0.29) is 0 Å². The van der Waals surface area contributed by atoms with E-state index in [1.54, 1.807) is 0 Å². The summed E-state index contributed by atoms with van der Waals surface area (Å²) in [4.78, 5) is 5.22. The molecular weight excluding hydrogens is 210 g/mol. The van der Waals surface area contributed by atoms with Crippen LogP contribution in [0.3, 0.4) is 0 Å². The molecule has 17 heavy (non-hydrogen) atoms. The third-order valence-corrected chi connectivity index (χ3v) is 4.53. The lowest BCUT2D eigenvalue weighted by atomic mass is 10.0. The maximum Gasteiger partial charge on any atom is 0.0126 e. The summed E-state index contributed by atoms with van der Waals surface area (Å²) in [6.07, 6.45) is 3.93. The maximum absolute atomic E-state index is 6.16. The molecule has 0 radical (unpaired) electrons. The van der Waals surface area contributed by atoms with Crippen molar-refractivity contribution >= 4 is 0 Å². The lowest BCUT2D eigenvalue weighted by Crippen LogP contribution is -2.54. The van der Waals surface area contributed by atoms with Gasteiger partial charge >= 0.3 is 0 Å². The highest BCUT2D eigenvalue weighted by atomic mass is 15.3. The van der Waals surface area contributed by atoms with Gasteiger partial charge in [0.05, 0.1) is 0 Å². The first-order valence-corrected chi connectivity index (χ1v) is 7.20. The molecule has 2 atom stereocenters. The van der Waals surface area contributed by atoms with E-state index < -0.39 is 0 Å². The molecule has 1 saturated carbocycles. The fourth-order valence-corrected chi connectivity index (χ4v) is 3.23. The monoisotopic (exact) mass is 239 g/mol. The van der Waals surface area contributed by atoms with Crippen LogP contribution in [0.5, 0.6) is 0 Å². The molecule has 2 fully saturated rings. The van der Waals surface area contributed by atoms with Gasteiger partial charge < -0.3 is 10.6 Å². The molecule has 0 bridgehead atoms. The zero-order chi connectivity index (χ0) is 12.5. The van der Waals surface area contributed by atoms with Crippen LogP contribution < -0.4 is 5.73 Å². The van der Waals surface area contributed by atoms with Crippen LogP contribution >= 0.6 is 0 Å². The predicted molar refractivity (Wildman–Crippen MR) is 73.1 cm³/mol. The van der Waals surface area contributed by atoms with Gasteiger partial charge in [-0.1, -0.05) is 6.42 Å². The van der Waals surface area contributed by atoms with Crippen molar-refractivity contribution in [2.75, 3.05) is 32.7 Å². The molecule has 1 saturated heterocycles. The summed E-state index contributed by atoms with van der Waals surface area (Å²) in [5.74, 6) is 0.760. The van der Waals surface area contributed by atoms with Gasteiger partial charge in [-0.25, -0.2) is 0 Å². The summed E-state index contributed by atoms with van der Waals surface area (Å²) >= 11 is 0. The number of rotatable bonds is 2. The van der Waals surface area contributed by atoms with Crippen molar-refractivity contribution in [3.05, 3.63) is 0 Å². The number of nitrogens with two attached hydrogens (primary N) is 1. The molecule has 2 N–H and O–H groups in total. The van der Waals surface area contributed by atoms with Gasteiger partial charge in [-0.3, -0.25) is 4.90 Å². The topological polar surface area (TPSA) is 32.5 Å². The quantitative estimate of drug-likeness (QED) is 0.793.